The minimum absolute atomic E-state index is 0.0582. The number of methoxy groups -OCH3 is 1. The monoisotopic (exact) mass is 305 g/mol. The molecule has 6 heteroatoms. The molecule has 0 saturated carbocycles. The van der Waals surface area contributed by atoms with Crippen molar-refractivity contribution in [3.63, 3.8) is 0 Å². The first-order chi connectivity index (χ1) is 7.95. The minimum Gasteiger partial charge on any atom is -0.480 e. The first-order valence-electron chi connectivity index (χ1n) is 4.89. The third kappa shape index (κ3) is 3.76. The van der Waals surface area contributed by atoms with Crippen molar-refractivity contribution < 1.29 is 19.0 Å². The molecule has 3 N–H and O–H groups in total. The van der Waals surface area contributed by atoms with Gasteiger partial charge in [0.2, 0.25) is 0 Å². The lowest BCUT2D eigenvalue weighted by Crippen LogP contribution is -2.32. The van der Waals surface area contributed by atoms with Gasteiger partial charge in [-0.1, -0.05) is 6.07 Å². The third-order valence-corrected chi connectivity index (χ3v) is 2.81. The van der Waals surface area contributed by atoms with Crippen molar-refractivity contribution in [1.82, 2.24) is 0 Å². The molecule has 0 aliphatic rings. The Bertz CT molecular complexity index is 425. The highest BCUT2D eigenvalue weighted by molar-refractivity contribution is 9.10. The summed E-state index contributed by atoms with van der Waals surface area (Å²) in [7, 11) is 1.53. The van der Waals surface area contributed by atoms with Crippen LogP contribution in [0.1, 0.15) is 11.1 Å². The van der Waals surface area contributed by atoms with E-state index in [0.717, 1.165) is 5.56 Å². The molecule has 17 heavy (non-hydrogen) atoms. The van der Waals surface area contributed by atoms with E-state index in [1.165, 1.54) is 7.11 Å². The second-order valence-corrected chi connectivity index (χ2v) is 4.49. The summed E-state index contributed by atoms with van der Waals surface area (Å²) < 4.78 is 18.9. The highest BCUT2D eigenvalue weighted by Crippen LogP contribution is 2.23. The SMILES string of the molecule is COCc1cc(Br)c(F)c(CC(N)C(=O)O)c1. The van der Waals surface area contributed by atoms with Gasteiger partial charge in [-0.2, -0.15) is 0 Å². The van der Waals surface area contributed by atoms with Crippen LogP contribution in [0.4, 0.5) is 4.39 Å². The van der Waals surface area contributed by atoms with Crippen molar-refractivity contribution in [2.75, 3.05) is 7.11 Å². The topological polar surface area (TPSA) is 72.5 Å². The molecule has 0 aliphatic heterocycles. The Labute approximate surface area is 107 Å². The molecule has 0 saturated heterocycles. The number of hydrogen-bond donors (Lipinski definition) is 2. The standard InChI is InChI=1S/C11H13BrFNO3/c1-17-5-6-2-7(4-9(14)11(15)16)10(13)8(12)3-6/h2-3,9H,4-5,14H2,1H3,(H,15,16). The number of benzene rings is 1. The summed E-state index contributed by atoms with van der Waals surface area (Å²) in [5.74, 6) is -1.64. The summed E-state index contributed by atoms with van der Waals surface area (Å²) >= 11 is 3.08. The Kier molecular flexibility index (Phi) is 5.04. The molecule has 0 heterocycles. The first kappa shape index (κ1) is 14.1. The van der Waals surface area contributed by atoms with Gasteiger partial charge in [0, 0.05) is 13.5 Å². The second kappa shape index (κ2) is 6.09. The second-order valence-electron chi connectivity index (χ2n) is 3.63. The van der Waals surface area contributed by atoms with Crippen LogP contribution < -0.4 is 5.73 Å². The van der Waals surface area contributed by atoms with E-state index in [-0.39, 0.29) is 16.5 Å². The number of ether oxygens (including phenoxy) is 1. The maximum absolute atomic E-state index is 13.7. The zero-order valence-corrected chi connectivity index (χ0v) is 10.8. The van der Waals surface area contributed by atoms with Crippen LogP contribution in [0.2, 0.25) is 0 Å². The van der Waals surface area contributed by atoms with Crippen molar-refractivity contribution in [3.8, 4) is 0 Å². The van der Waals surface area contributed by atoms with E-state index in [2.05, 4.69) is 15.9 Å². The van der Waals surface area contributed by atoms with E-state index in [9.17, 15) is 9.18 Å². The molecular formula is C11H13BrFNO3. The normalized spacial score (nSPS) is 12.5. The molecule has 1 atom stereocenters. The number of nitrogens with two attached hydrogens (primary N) is 1. The molecule has 0 fully saturated rings. The third-order valence-electron chi connectivity index (χ3n) is 2.23. The first-order valence-corrected chi connectivity index (χ1v) is 5.69. The largest absolute Gasteiger partial charge is 0.480 e. The van der Waals surface area contributed by atoms with Crippen molar-refractivity contribution in [1.29, 1.82) is 0 Å². The van der Waals surface area contributed by atoms with Crippen molar-refractivity contribution in [3.05, 3.63) is 33.5 Å². The smallest absolute Gasteiger partial charge is 0.320 e. The van der Waals surface area contributed by atoms with E-state index >= 15 is 0 Å². The number of rotatable bonds is 5. The van der Waals surface area contributed by atoms with Crippen LogP contribution in [-0.4, -0.2) is 24.2 Å². The van der Waals surface area contributed by atoms with Gasteiger partial charge in [-0.15, -0.1) is 0 Å². The minimum atomic E-state index is -1.15. The molecule has 0 amide bonds. The summed E-state index contributed by atoms with van der Waals surface area (Å²) in [4.78, 5) is 10.6. The summed E-state index contributed by atoms with van der Waals surface area (Å²) in [6.45, 7) is 0.328. The van der Waals surface area contributed by atoms with Gasteiger partial charge in [-0.05, 0) is 33.1 Å². The number of carbonyl (C=O) groups is 1. The number of hydrogen-bond acceptors (Lipinski definition) is 3. The lowest BCUT2D eigenvalue weighted by atomic mass is 10.0. The van der Waals surface area contributed by atoms with Gasteiger partial charge >= 0.3 is 5.97 Å². The van der Waals surface area contributed by atoms with Crippen molar-refractivity contribution in [2.45, 2.75) is 19.1 Å². The fraction of sp³-hybridized carbons (Fsp3) is 0.364. The van der Waals surface area contributed by atoms with Crippen LogP contribution in [-0.2, 0) is 22.6 Å². The van der Waals surface area contributed by atoms with Crippen LogP contribution in [0, 0.1) is 5.82 Å². The van der Waals surface area contributed by atoms with Gasteiger partial charge in [-0.25, -0.2) is 4.39 Å². The molecule has 0 spiro atoms. The maximum Gasteiger partial charge on any atom is 0.320 e. The maximum atomic E-state index is 13.7. The van der Waals surface area contributed by atoms with Gasteiger partial charge in [0.25, 0.3) is 0 Å². The van der Waals surface area contributed by atoms with Gasteiger partial charge in [-0.3, -0.25) is 4.79 Å². The van der Waals surface area contributed by atoms with Gasteiger partial charge in [0.1, 0.15) is 11.9 Å². The predicted octanol–water partition coefficient (Wildman–Crippen LogP) is 1.69. The summed E-state index contributed by atoms with van der Waals surface area (Å²) in [5.41, 5.74) is 6.40. The number of aliphatic carboxylic acids is 1. The summed E-state index contributed by atoms with van der Waals surface area (Å²) in [5, 5.41) is 8.69. The number of carboxylic acids is 1. The average Bonchev–Trinajstić information content (AvgIpc) is 2.25. The molecule has 0 bridgehead atoms. The average molecular weight is 306 g/mol. The predicted molar refractivity (Wildman–Crippen MR) is 64.1 cm³/mol. The Morgan fingerprint density at radius 1 is 1.65 bits per heavy atom. The van der Waals surface area contributed by atoms with E-state index in [1.807, 2.05) is 0 Å². The molecule has 0 radical (unpaired) electrons. The van der Waals surface area contributed by atoms with E-state index < -0.39 is 17.8 Å². The molecule has 1 aromatic rings. The highest BCUT2D eigenvalue weighted by atomic mass is 79.9. The zero-order chi connectivity index (χ0) is 13.0. The van der Waals surface area contributed by atoms with E-state index in [4.69, 9.17) is 15.6 Å². The van der Waals surface area contributed by atoms with Gasteiger partial charge in [0.15, 0.2) is 0 Å². The molecule has 0 aromatic heterocycles. The zero-order valence-electron chi connectivity index (χ0n) is 9.24. The highest BCUT2D eigenvalue weighted by Gasteiger charge is 2.17. The Balaban J connectivity index is 3.00. The fourth-order valence-corrected chi connectivity index (χ4v) is 1.98. The van der Waals surface area contributed by atoms with Crippen molar-refractivity contribution >= 4 is 21.9 Å². The quantitative estimate of drug-likeness (QED) is 0.868. The van der Waals surface area contributed by atoms with Crippen LogP contribution in [0.5, 0.6) is 0 Å². The molecule has 94 valence electrons. The number of carboxylic acid groups (broad SMARTS) is 1. The van der Waals surface area contributed by atoms with Crippen molar-refractivity contribution in [2.24, 2.45) is 5.73 Å². The van der Waals surface area contributed by atoms with E-state index in [1.54, 1.807) is 12.1 Å². The fourth-order valence-electron chi connectivity index (χ4n) is 1.43. The van der Waals surface area contributed by atoms with Gasteiger partial charge in [0.05, 0.1) is 11.1 Å². The molecule has 1 aromatic carbocycles. The Morgan fingerprint density at radius 3 is 2.82 bits per heavy atom. The van der Waals surface area contributed by atoms with Gasteiger partial charge < -0.3 is 15.6 Å². The van der Waals surface area contributed by atoms with Crippen LogP contribution >= 0.6 is 15.9 Å². The summed E-state index contributed by atoms with van der Waals surface area (Å²) in [6.07, 6.45) is -0.0582. The molecule has 1 rings (SSSR count). The van der Waals surface area contributed by atoms with Crippen LogP contribution in [0.25, 0.3) is 0 Å². The molecule has 1 unspecified atom stereocenters. The molecular weight excluding hydrogens is 293 g/mol. The Hall–Kier alpha value is -0.980. The summed E-state index contributed by atoms with van der Waals surface area (Å²) in [6, 6.07) is 2.04. The lowest BCUT2D eigenvalue weighted by molar-refractivity contribution is -0.138. The lowest BCUT2D eigenvalue weighted by Gasteiger charge is -2.11. The molecule has 0 aliphatic carbocycles. The van der Waals surface area contributed by atoms with Crippen LogP contribution in [0.3, 0.4) is 0 Å². The van der Waals surface area contributed by atoms with Crippen LogP contribution in [0.15, 0.2) is 16.6 Å². The molecule has 4 nitrogen and oxygen atoms in total. The Morgan fingerprint density at radius 2 is 2.29 bits per heavy atom. The number of halogens is 2. The van der Waals surface area contributed by atoms with E-state index in [0.29, 0.717) is 6.61 Å².